The summed E-state index contributed by atoms with van der Waals surface area (Å²) >= 11 is 0. The van der Waals surface area contributed by atoms with Crippen LogP contribution in [0.25, 0.3) is 0 Å². The van der Waals surface area contributed by atoms with Crippen LogP contribution in [0.3, 0.4) is 0 Å². The average Bonchev–Trinajstić information content (AvgIpc) is 2.86. The zero-order chi connectivity index (χ0) is 12.5. The predicted octanol–water partition coefficient (Wildman–Crippen LogP) is 1.61. The summed E-state index contributed by atoms with van der Waals surface area (Å²) in [6.45, 7) is 4.39. The molecule has 1 saturated heterocycles. The Morgan fingerprint density at radius 2 is 2.39 bits per heavy atom. The molecule has 3 rings (SSSR count). The third kappa shape index (κ3) is 1.99. The first-order valence-corrected chi connectivity index (χ1v) is 6.83. The van der Waals surface area contributed by atoms with Crippen LogP contribution in [0.5, 0.6) is 0 Å². The summed E-state index contributed by atoms with van der Waals surface area (Å²) in [6.07, 6.45) is 6.04. The van der Waals surface area contributed by atoms with E-state index in [0.29, 0.717) is 18.7 Å². The first kappa shape index (κ1) is 11.9. The molecule has 1 aromatic heterocycles. The van der Waals surface area contributed by atoms with Crippen LogP contribution in [-0.4, -0.2) is 30.3 Å². The van der Waals surface area contributed by atoms with Gasteiger partial charge < -0.3 is 15.4 Å². The number of ether oxygens (including phenoxy) is 1. The Morgan fingerprint density at radius 1 is 1.50 bits per heavy atom. The molecule has 2 N–H and O–H groups in total. The average molecular weight is 247 g/mol. The van der Waals surface area contributed by atoms with Crippen molar-refractivity contribution < 1.29 is 4.74 Å². The van der Waals surface area contributed by atoms with Gasteiger partial charge >= 0.3 is 0 Å². The number of pyridine rings is 1. The lowest BCUT2D eigenvalue weighted by atomic mass is 10.1. The van der Waals surface area contributed by atoms with Crippen molar-refractivity contribution in [1.29, 1.82) is 0 Å². The van der Waals surface area contributed by atoms with Crippen molar-refractivity contribution in [3.05, 3.63) is 23.5 Å². The molecule has 2 fully saturated rings. The van der Waals surface area contributed by atoms with Crippen molar-refractivity contribution in [3.8, 4) is 0 Å². The quantitative estimate of drug-likeness (QED) is 0.862. The molecule has 0 aromatic carbocycles. The number of aromatic nitrogens is 1. The van der Waals surface area contributed by atoms with Gasteiger partial charge in [-0.2, -0.15) is 0 Å². The van der Waals surface area contributed by atoms with Gasteiger partial charge in [-0.15, -0.1) is 0 Å². The van der Waals surface area contributed by atoms with Crippen molar-refractivity contribution in [2.24, 2.45) is 5.73 Å². The minimum Gasteiger partial charge on any atom is -0.374 e. The molecule has 2 heterocycles. The highest BCUT2D eigenvalue weighted by molar-refractivity contribution is 5.55. The van der Waals surface area contributed by atoms with E-state index in [9.17, 15) is 0 Å². The Labute approximate surface area is 108 Å². The molecule has 2 unspecified atom stereocenters. The predicted molar refractivity (Wildman–Crippen MR) is 71.6 cm³/mol. The van der Waals surface area contributed by atoms with Gasteiger partial charge in [-0.1, -0.05) is 0 Å². The molecule has 1 saturated carbocycles. The number of hydrogen-bond acceptors (Lipinski definition) is 4. The van der Waals surface area contributed by atoms with Gasteiger partial charge in [-0.25, -0.2) is 0 Å². The number of fused-ring (bicyclic) bond motifs is 1. The first-order valence-electron chi connectivity index (χ1n) is 6.83. The fourth-order valence-corrected chi connectivity index (χ4v) is 3.22. The largest absolute Gasteiger partial charge is 0.374 e. The number of hydrogen-bond donors (Lipinski definition) is 1. The van der Waals surface area contributed by atoms with E-state index in [4.69, 9.17) is 10.5 Å². The van der Waals surface area contributed by atoms with Gasteiger partial charge in [0.1, 0.15) is 0 Å². The Morgan fingerprint density at radius 3 is 3.22 bits per heavy atom. The second-order valence-electron chi connectivity index (χ2n) is 5.26. The topological polar surface area (TPSA) is 51.4 Å². The summed E-state index contributed by atoms with van der Waals surface area (Å²) in [5.41, 5.74) is 9.32. The van der Waals surface area contributed by atoms with Crippen LogP contribution < -0.4 is 10.6 Å². The molecule has 2 atom stereocenters. The van der Waals surface area contributed by atoms with Crippen LogP contribution >= 0.6 is 0 Å². The van der Waals surface area contributed by atoms with Gasteiger partial charge in [0.25, 0.3) is 0 Å². The molecule has 0 radical (unpaired) electrons. The maximum absolute atomic E-state index is 5.87. The Bertz CT molecular complexity index is 435. The molecule has 18 heavy (non-hydrogen) atoms. The lowest BCUT2D eigenvalue weighted by molar-refractivity contribution is 0.0255. The van der Waals surface area contributed by atoms with Gasteiger partial charge in [0.05, 0.1) is 18.8 Å². The number of aryl methyl sites for hydroxylation is 1. The molecule has 1 aliphatic heterocycles. The first-order chi connectivity index (χ1) is 8.79. The maximum atomic E-state index is 5.87. The van der Waals surface area contributed by atoms with Crippen LogP contribution in [0.4, 0.5) is 5.69 Å². The third-order valence-electron chi connectivity index (χ3n) is 4.11. The van der Waals surface area contributed by atoms with E-state index in [1.165, 1.54) is 24.9 Å². The number of nitrogens with zero attached hydrogens (tertiary/aromatic N) is 2. The molecule has 4 nitrogen and oxygen atoms in total. The molecule has 1 aliphatic carbocycles. The van der Waals surface area contributed by atoms with Crippen molar-refractivity contribution in [2.75, 3.05) is 18.1 Å². The SMILES string of the molecule is Cc1cc(N2CCOC3CCCC32)c(CN)cn1. The highest BCUT2D eigenvalue weighted by atomic mass is 16.5. The summed E-state index contributed by atoms with van der Waals surface area (Å²) in [5, 5.41) is 0. The fraction of sp³-hybridized carbons (Fsp3) is 0.643. The van der Waals surface area contributed by atoms with Crippen molar-refractivity contribution in [2.45, 2.75) is 44.9 Å². The molecule has 98 valence electrons. The Hall–Kier alpha value is -1.13. The molecular weight excluding hydrogens is 226 g/mol. The van der Waals surface area contributed by atoms with Crippen LogP contribution in [0.2, 0.25) is 0 Å². The van der Waals surface area contributed by atoms with Crippen molar-refractivity contribution in [1.82, 2.24) is 4.98 Å². The van der Waals surface area contributed by atoms with Crippen molar-refractivity contribution in [3.63, 3.8) is 0 Å². The Kier molecular flexibility index (Phi) is 3.22. The van der Waals surface area contributed by atoms with E-state index in [2.05, 4.69) is 16.0 Å². The van der Waals surface area contributed by atoms with Crippen molar-refractivity contribution >= 4 is 5.69 Å². The standard InChI is InChI=1S/C14H21N3O/c1-10-7-13(11(8-15)9-16-10)17-5-6-18-14-4-2-3-12(14)17/h7,9,12,14H,2-6,8,15H2,1H3. The van der Waals surface area contributed by atoms with Crippen LogP contribution in [-0.2, 0) is 11.3 Å². The minimum atomic E-state index is 0.415. The Balaban J connectivity index is 1.95. The lowest BCUT2D eigenvalue weighted by Crippen LogP contribution is -2.49. The van der Waals surface area contributed by atoms with Gasteiger partial charge in [0.2, 0.25) is 0 Å². The zero-order valence-corrected chi connectivity index (χ0v) is 10.9. The third-order valence-corrected chi connectivity index (χ3v) is 4.11. The molecular formula is C14H21N3O. The number of rotatable bonds is 2. The molecule has 1 aromatic rings. The van der Waals surface area contributed by atoms with Gasteiger partial charge in [0.15, 0.2) is 0 Å². The van der Waals surface area contributed by atoms with E-state index in [-0.39, 0.29) is 0 Å². The van der Waals surface area contributed by atoms with Crippen LogP contribution in [0, 0.1) is 6.92 Å². The number of morpholine rings is 1. The summed E-state index contributed by atoms with van der Waals surface area (Å²) < 4.78 is 5.87. The second-order valence-corrected chi connectivity index (χ2v) is 5.26. The van der Waals surface area contributed by atoms with E-state index in [1.807, 2.05) is 13.1 Å². The summed E-state index contributed by atoms with van der Waals surface area (Å²) in [5.74, 6) is 0. The number of nitrogens with two attached hydrogens (primary N) is 1. The van der Waals surface area contributed by atoms with Gasteiger partial charge in [-0.05, 0) is 32.3 Å². The molecule has 0 amide bonds. The summed E-state index contributed by atoms with van der Waals surface area (Å²) in [6, 6.07) is 2.70. The number of anilines is 1. The minimum absolute atomic E-state index is 0.415. The van der Waals surface area contributed by atoms with E-state index in [0.717, 1.165) is 24.4 Å². The molecule has 0 bridgehead atoms. The van der Waals surface area contributed by atoms with Gasteiger partial charge in [0, 0.05) is 36.2 Å². The smallest absolute Gasteiger partial charge is 0.0779 e. The van der Waals surface area contributed by atoms with E-state index >= 15 is 0 Å². The summed E-state index contributed by atoms with van der Waals surface area (Å²) in [7, 11) is 0. The van der Waals surface area contributed by atoms with Crippen LogP contribution in [0.1, 0.15) is 30.5 Å². The zero-order valence-electron chi connectivity index (χ0n) is 10.9. The maximum Gasteiger partial charge on any atom is 0.0779 e. The fourth-order valence-electron chi connectivity index (χ4n) is 3.22. The van der Waals surface area contributed by atoms with E-state index < -0.39 is 0 Å². The highest BCUT2D eigenvalue weighted by Gasteiger charge is 2.36. The van der Waals surface area contributed by atoms with E-state index in [1.54, 1.807) is 0 Å². The lowest BCUT2D eigenvalue weighted by Gasteiger charge is -2.40. The molecule has 4 heteroatoms. The van der Waals surface area contributed by atoms with Crippen LogP contribution in [0.15, 0.2) is 12.3 Å². The second kappa shape index (κ2) is 4.86. The normalized spacial score (nSPS) is 27.3. The molecule has 0 spiro atoms. The summed E-state index contributed by atoms with van der Waals surface area (Å²) in [4.78, 5) is 6.85. The van der Waals surface area contributed by atoms with Gasteiger partial charge in [-0.3, -0.25) is 4.98 Å². The highest BCUT2D eigenvalue weighted by Crippen LogP contribution is 2.34. The molecule has 2 aliphatic rings. The monoisotopic (exact) mass is 247 g/mol.